The van der Waals surface area contributed by atoms with Gasteiger partial charge < -0.3 is 4.57 Å². The van der Waals surface area contributed by atoms with E-state index in [0.717, 1.165) is 17.8 Å². The lowest BCUT2D eigenvalue weighted by atomic mass is 10.1. The number of Topliss-reactive ketones (excluding diaryl/α,β-unsaturated/α-hetero) is 1. The number of imidazole rings is 1. The van der Waals surface area contributed by atoms with Crippen molar-refractivity contribution in [1.82, 2.24) is 19.3 Å². The fourth-order valence-corrected chi connectivity index (χ4v) is 2.06. The van der Waals surface area contributed by atoms with E-state index in [4.69, 9.17) is 0 Å². The summed E-state index contributed by atoms with van der Waals surface area (Å²) in [5.74, 6) is 0.540. The van der Waals surface area contributed by atoms with Crippen LogP contribution < -0.4 is 0 Å². The van der Waals surface area contributed by atoms with E-state index in [1.807, 2.05) is 34.5 Å². The fourth-order valence-electron chi connectivity index (χ4n) is 2.06. The van der Waals surface area contributed by atoms with Crippen LogP contribution in [-0.4, -0.2) is 25.1 Å². The lowest BCUT2D eigenvalue weighted by Gasteiger charge is -2.00. The molecule has 1 aliphatic heterocycles. The molecule has 86 valence electrons. The van der Waals surface area contributed by atoms with E-state index in [2.05, 4.69) is 10.1 Å². The molecule has 0 saturated carbocycles. The Morgan fingerprint density at radius 2 is 2.35 bits per heavy atom. The predicted molar refractivity (Wildman–Crippen MR) is 62.4 cm³/mol. The zero-order valence-corrected chi connectivity index (χ0v) is 9.50. The van der Waals surface area contributed by atoms with Crippen LogP contribution in [0, 0.1) is 0 Å². The van der Waals surface area contributed by atoms with Gasteiger partial charge in [-0.25, -0.2) is 4.98 Å². The van der Waals surface area contributed by atoms with Crippen LogP contribution in [0.4, 0.5) is 0 Å². The van der Waals surface area contributed by atoms with Crippen molar-refractivity contribution in [2.45, 2.75) is 20.0 Å². The van der Waals surface area contributed by atoms with Crippen LogP contribution in [0.1, 0.15) is 23.2 Å². The SMILES string of the molecule is CCn1nccc1C=C1Cn2ccnc2C1=O. The quantitative estimate of drug-likeness (QED) is 0.730. The molecule has 0 aliphatic carbocycles. The van der Waals surface area contributed by atoms with Crippen molar-refractivity contribution in [2.75, 3.05) is 0 Å². The van der Waals surface area contributed by atoms with Gasteiger partial charge in [0.05, 0.1) is 12.2 Å². The minimum atomic E-state index is 0.0128. The first-order valence-corrected chi connectivity index (χ1v) is 5.58. The molecule has 0 radical (unpaired) electrons. The standard InChI is InChI=1S/C12H12N4O/c1-2-16-10(3-4-14-16)7-9-8-15-6-5-13-12(15)11(9)17/h3-7H,2,8H2,1H3. The van der Waals surface area contributed by atoms with Crippen LogP contribution in [0.5, 0.6) is 0 Å². The second kappa shape index (κ2) is 3.69. The molecule has 5 heteroatoms. The third kappa shape index (κ3) is 1.51. The number of carbonyl (C=O) groups excluding carboxylic acids is 1. The number of allylic oxidation sites excluding steroid dienone is 1. The number of nitrogens with zero attached hydrogens (tertiary/aromatic N) is 4. The molecule has 1 aliphatic rings. The van der Waals surface area contributed by atoms with E-state index >= 15 is 0 Å². The van der Waals surface area contributed by atoms with Crippen molar-refractivity contribution in [3.63, 3.8) is 0 Å². The monoisotopic (exact) mass is 228 g/mol. The molecule has 0 amide bonds. The molecule has 5 nitrogen and oxygen atoms in total. The number of hydrogen-bond acceptors (Lipinski definition) is 3. The lowest BCUT2D eigenvalue weighted by Crippen LogP contribution is -2.01. The molecule has 0 aromatic carbocycles. The highest BCUT2D eigenvalue weighted by atomic mass is 16.1. The summed E-state index contributed by atoms with van der Waals surface area (Å²) in [5, 5.41) is 4.18. The Hall–Kier alpha value is -2.17. The van der Waals surface area contributed by atoms with E-state index in [1.54, 1.807) is 12.4 Å². The highest BCUT2D eigenvalue weighted by Gasteiger charge is 2.25. The maximum Gasteiger partial charge on any atom is 0.226 e. The Morgan fingerprint density at radius 3 is 3.12 bits per heavy atom. The van der Waals surface area contributed by atoms with E-state index in [1.165, 1.54) is 0 Å². The van der Waals surface area contributed by atoms with Gasteiger partial charge in [-0.15, -0.1) is 0 Å². The molecule has 17 heavy (non-hydrogen) atoms. The van der Waals surface area contributed by atoms with Crippen molar-refractivity contribution in [1.29, 1.82) is 0 Å². The molecule has 0 unspecified atom stereocenters. The molecule has 0 spiro atoms. The topological polar surface area (TPSA) is 52.7 Å². The Morgan fingerprint density at radius 1 is 1.47 bits per heavy atom. The van der Waals surface area contributed by atoms with Crippen LogP contribution in [0.15, 0.2) is 30.2 Å². The van der Waals surface area contributed by atoms with Crippen LogP contribution in [-0.2, 0) is 13.1 Å². The number of ketones is 1. The lowest BCUT2D eigenvalue weighted by molar-refractivity contribution is 0.103. The summed E-state index contributed by atoms with van der Waals surface area (Å²) < 4.78 is 3.72. The largest absolute Gasteiger partial charge is 0.324 e. The smallest absolute Gasteiger partial charge is 0.226 e. The summed E-state index contributed by atoms with van der Waals surface area (Å²) in [7, 11) is 0. The second-order valence-electron chi connectivity index (χ2n) is 3.95. The summed E-state index contributed by atoms with van der Waals surface area (Å²) in [6.07, 6.45) is 7.12. The first-order chi connectivity index (χ1) is 8.29. The summed E-state index contributed by atoms with van der Waals surface area (Å²) in [5.41, 5.74) is 1.73. The van der Waals surface area contributed by atoms with Crippen LogP contribution in [0.2, 0.25) is 0 Å². The Bertz CT molecular complexity index is 606. The normalized spacial score (nSPS) is 16.8. The highest BCUT2D eigenvalue weighted by molar-refractivity contribution is 6.11. The van der Waals surface area contributed by atoms with Gasteiger partial charge in [0.25, 0.3) is 0 Å². The maximum atomic E-state index is 12.0. The van der Waals surface area contributed by atoms with Crippen molar-refractivity contribution in [3.8, 4) is 0 Å². The van der Waals surface area contributed by atoms with Gasteiger partial charge in [-0.2, -0.15) is 5.10 Å². The molecule has 0 saturated heterocycles. The van der Waals surface area contributed by atoms with Crippen molar-refractivity contribution >= 4 is 11.9 Å². The van der Waals surface area contributed by atoms with Crippen molar-refractivity contribution in [3.05, 3.63) is 41.7 Å². The highest BCUT2D eigenvalue weighted by Crippen LogP contribution is 2.20. The molecule has 0 bridgehead atoms. The van der Waals surface area contributed by atoms with E-state index in [-0.39, 0.29) is 5.78 Å². The number of carbonyl (C=O) groups is 1. The van der Waals surface area contributed by atoms with Gasteiger partial charge in [0.1, 0.15) is 0 Å². The fraction of sp³-hybridized carbons (Fsp3) is 0.250. The number of hydrogen-bond donors (Lipinski definition) is 0. The van der Waals surface area contributed by atoms with E-state index < -0.39 is 0 Å². The summed E-state index contributed by atoms with van der Waals surface area (Å²) >= 11 is 0. The van der Waals surface area contributed by atoms with Gasteiger partial charge in [-0.1, -0.05) is 0 Å². The van der Waals surface area contributed by atoms with Gasteiger partial charge in [-0.3, -0.25) is 9.48 Å². The first-order valence-electron chi connectivity index (χ1n) is 5.58. The minimum absolute atomic E-state index is 0.0128. The molecule has 0 N–H and O–H groups in total. The van der Waals surface area contributed by atoms with Gasteiger partial charge in [-0.05, 0) is 19.1 Å². The van der Waals surface area contributed by atoms with Crippen LogP contribution >= 0.6 is 0 Å². The number of aryl methyl sites for hydroxylation is 1. The number of fused-ring (bicyclic) bond motifs is 1. The summed E-state index contributed by atoms with van der Waals surface area (Å²) in [6.45, 7) is 3.42. The zero-order valence-electron chi connectivity index (χ0n) is 9.50. The van der Waals surface area contributed by atoms with Crippen molar-refractivity contribution < 1.29 is 4.79 Å². The molecular formula is C12H12N4O. The van der Waals surface area contributed by atoms with Crippen molar-refractivity contribution in [2.24, 2.45) is 0 Å². The number of rotatable bonds is 2. The molecule has 0 fully saturated rings. The van der Waals surface area contributed by atoms with E-state index in [0.29, 0.717) is 12.4 Å². The van der Waals surface area contributed by atoms with Gasteiger partial charge in [0.2, 0.25) is 5.78 Å². The second-order valence-corrected chi connectivity index (χ2v) is 3.95. The first kappa shape index (κ1) is 10.0. The molecule has 2 aromatic rings. The molecule has 3 heterocycles. The third-order valence-electron chi connectivity index (χ3n) is 2.92. The Kier molecular flexibility index (Phi) is 2.18. The Labute approximate surface area is 98.4 Å². The third-order valence-corrected chi connectivity index (χ3v) is 2.92. The Balaban J connectivity index is 1.98. The zero-order chi connectivity index (χ0) is 11.8. The summed E-state index contributed by atoms with van der Waals surface area (Å²) in [4.78, 5) is 16.1. The van der Waals surface area contributed by atoms with E-state index in [9.17, 15) is 4.79 Å². The van der Waals surface area contributed by atoms with Crippen LogP contribution in [0.25, 0.3) is 6.08 Å². The molecule has 0 atom stereocenters. The molecule has 2 aromatic heterocycles. The molecule has 3 rings (SSSR count). The average molecular weight is 228 g/mol. The van der Waals surface area contributed by atoms with Gasteiger partial charge in [0, 0.05) is 30.7 Å². The molecular weight excluding hydrogens is 216 g/mol. The maximum absolute atomic E-state index is 12.0. The van der Waals surface area contributed by atoms with Gasteiger partial charge >= 0.3 is 0 Å². The number of aromatic nitrogens is 4. The van der Waals surface area contributed by atoms with Crippen LogP contribution in [0.3, 0.4) is 0 Å². The predicted octanol–water partition coefficient (Wildman–Crippen LogP) is 1.38. The summed E-state index contributed by atoms with van der Waals surface area (Å²) in [6, 6.07) is 1.91. The average Bonchev–Trinajstić information content (AvgIpc) is 2.99. The minimum Gasteiger partial charge on any atom is -0.324 e. The van der Waals surface area contributed by atoms with Gasteiger partial charge in [0.15, 0.2) is 5.82 Å².